The molecule has 2 N–H and O–H groups in total. The van der Waals surface area contributed by atoms with Gasteiger partial charge in [-0.2, -0.15) is 4.98 Å². The Morgan fingerprint density at radius 1 is 1.39 bits per heavy atom. The van der Waals surface area contributed by atoms with Gasteiger partial charge >= 0.3 is 0 Å². The lowest BCUT2D eigenvalue weighted by Crippen LogP contribution is -1.89. The molecule has 1 aromatic heterocycles. The van der Waals surface area contributed by atoms with E-state index in [1.165, 1.54) is 23.9 Å². The zero-order chi connectivity index (χ0) is 12.5. The normalized spacial score (nSPS) is 14.9. The first-order chi connectivity index (χ1) is 8.70. The van der Waals surface area contributed by atoms with Crippen LogP contribution in [0.15, 0.2) is 27.6 Å². The summed E-state index contributed by atoms with van der Waals surface area (Å²) in [5, 5.41) is 3.91. The van der Waals surface area contributed by atoms with E-state index in [9.17, 15) is 4.39 Å². The lowest BCUT2D eigenvalue weighted by Gasteiger charge is -2.00. The molecule has 0 saturated heterocycles. The van der Waals surface area contributed by atoms with Crippen LogP contribution < -0.4 is 5.73 Å². The Labute approximate surface area is 108 Å². The number of thioether (sulfide) groups is 1. The average Bonchev–Trinajstić information content (AvgIpc) is 3.05. The van der Waals surface area contributed by atoms with E-state index in [2.05, 4.69) is 10.1 Å². The van der Waals surface area contributed by atoms with Crippen molar-refractivity contribution in [3.05, 3.63) is 35.7 Å². The Morgan fingerprint density at radius 3 is 2.94 bits per heavy atom. The van der Waals surface area contributed by atoms with E-state index in [4.69, 9.17) is 10.3 Å². The quantitative estimate of drug-likeness (QED) is 0.680. The van der Waals surface area contributed by atoms with E-state index in [1.807, 2.05) is 0 Å². The largest absolute Gasteiger partial charge is 0.399 e. The minimum absolute atomic E-state index is 0.329. The molecule has 18 heavy (non-hydrogen) atoms. The number of hydrogen-bond donors (Lipinski definition) is 1. The van der Waals surface area contributed by atoms with Crippen LogP contribution in [0.1, 0.15) is 30.5 Å². The second kappa shape index (κ2) is 4.61. The van der Waals surface area contributed by atoms with Crippen molar-refractivity contribution < 1.29 is 8.91 Å². The third kappa shape index (κ3) is 2.64. The van der Waals surface area contributed by atoms with Gasteiger partial charge in [-0.15, -0.1) is 11.8 Å². The molecule has 1 fully saturated rings. The Kier molecular flexibility index (Phi) is 2.95. The molecule has 1 heterocycles. The fourth-order valence-electron chi connectivity index (χ4n) is 1.64. The molecule has 0 aliphatic heterocycles. The standard InChI is InChI=1S/C12H12FN3OS/c13-8-3-9(14)5-10(4-8)18-6-11-15-12(17-16-11)7-1-2-7/h3-5,7H,1-2,6,14H2. The van der Waals surface area contributed by atoms with Crippen LogP contribution in [0.2, 0.25) is 0 Å². The number of nitrogens with two attached hydrogens (primary N) is 1. The molecule has 0 radical (unpaired) electrons. The highest BCUT2D eigenvalue weighted by Gasteiger charge is 2.29. The summed E-state index contributed by atoms with van der Waals surface area (Å²) in [6.07, 6.45) is 2.27. The van der Waals surface area contributed by atoms with Gasteiger partial charge in [-0.1, -0.05) is 5.16 Å². The topological polar surface area (TPSA) is 64.9 Å². The van der Waals surface area contributed by atoms with Gasteiger partial charge in [0, 0.05) is 16.5 Å². The van der Waals surface area contributed by atoms with Gasteiger partial charge in [0.1, 0.15) is 5.82 Å². The molecule has 2 aromatic rings. The molecule has 0 spiro atoms. The minimum Gasteiger partial charge on any atom is -0.399 e. The zero-order valence-electron chi connectivity index (χ0n) is 9.60. The lowest BCUT2D eigenvalue weighted by atomic mass is 10.3. The summed E-state index contributed by atoms with van der Waals surface area (Å²) in [6, 6.07) is 4.47. The van der Waals surface area contributed by atoms with E-state index in [1.54, 1.807) is 6.07 Å². The van der Waals surface area contributed by atoms with Crippen molar-refractivity contribution in [1.29, 1.82) is 0 Å². The Balaban J connectivity index is 1.65. The van der Waals surface area contributed by atoms with E-state index in [0.717, 1.165) is 23.6 Å². The summed E-state index contributed by atoms with van der Waals surface area (Å²) in [5.41, 5.74) is 6.00. The second-order valence-corrected chi connectivity index (χ2v) is 5.38. The number of anilines is 1. The van der Waals surface area contributed by atoms with Crippen molar-refractivity contribution in [2.45, 2.75) is 29.4 Å². The third-order valence-electron chi connectivity index (χ3n) is 2.67. The maximum absolute atomic E-state index is 13.1. The fraction of sp³-hybridized carbons (Fsp3) is 0.333. The molecule has 1 saturated carbocycles. The first-order valence-corrected chi connectivity index (χ1v) is 6.70. The number of nitrogen functional groups attached to an aromatic ring is 1. The van der Waals surface area contributed by atoms with Crippen molar-refractivity contribution in [3.63, 3.8) is 0 Å². The van der Waals surface area contributed by atoms with Crippen LogP contribution in [0.25, 0.3) is 0 Å². The van der Waals surface area contributed by atoms with Gasteiger partial charge in [0.15, 0.2) is 5.82 Å². The summed E-state index contributed by atoms with van der Waals surface area (Å²) in [7, 11) is 0. The fourth-order valence-corrected chi connectivity index (χ4v) is 2.47. The van der Waals surface area contributed by atoms with Crippen LogP contribution in [0.5, 0.6) is 0 Å². The highest BCUT2D eigenvalue weighted by Crippen LogP contribution is 2.39. The molecule has 1 aromatic carbocycles. The summed E-state index contributed by atoms with van der Waals surface area (Å²) in [5.74, 6) is 2.05. The molecule has 4 nitrogen and oxygen atoms in total. The third-order valence-corrected chi connectivity index (χ3v) is 3.64. The predicted octanol–water partition coefficient (Wildman–Crippen LogP) is 2.96. The van der Waals surface area contributed by atoms with Crippen LogP contribution in [-0.4, -0.2) is 10.1 Å². The number of hydrogen-bond acceptors (Lipinski definition) is 5. The van der Waals surface area contributed by atoms with Gasteiger partial charge in [-0.3, -0.25) is 0 Å². The van der Waals surface area contributed by atoms with E-state index >= 15 is 0 Å². The van der Waals surface area contributed by atoms with E-state index in [-0.39, 0.29) is 5.82 Å². The number of halogens is 1. The summed E-state index contributed by atoms with van der Waals surface area (Å²) in [4.78, 5) is 5.08. The maximum Gasteiger partial charge on any atom is 0.229 e. The molecule has 3 rings (SSSR count). The van der Waals surface area contributed by atoms with Crippen molar-refractivity contribution in [2.24, 2.45) is 0 Å². The lowest BCUT2D eigenvalue weighted by molar-refractivity contribution is 0.375. The summed E-state index contributed by atoms with van der Waals surface area (Å²) >= 11 is 1.44. The van der Waals surface area contributed by atoms with Gasteiger partial charge < -0.3 is 10.3 Å². The first kappa shape index (κ1) is 11.5. The number of nitrogens with zero attached hydrogens (tertiary/aromatic N) is 2. The molecule has 0 bridgehead atoms. The van der Waals surface area contributed by atoms with Crippen molar-refractivity contribution in [2.75, 3.05) is 5.73 Å². The summed E-state index contributed by atoms with van der Waals surface area (Å²) < 4.78 is 18.3. The maximum atomic E-state index is 13.1. The van der Waals surface area contributed by atoms with Gasteiger partial charge in [0.2, 0.25) is 5.89 Å². The van der Waals surface area contributed by atoms with Gasteiger partial charge in [-0.05, 0) is 31.0 Å². The highest BCUT2D eigenvalue weighted by atomic mass is 32.2. The highest BCUT2D eigenvalue weighted by molar-refractivity contribution is 7.98. The molecule has 94 valence electrons. The minimum atomic E-state index is -0.329. The van der Waals surface area contributed by atoms with Crippen LogP contribution in [0.4, 0.5) is 10.1 Å². The Bertz CT molecular complexity index is 548. The molecule has 6 heteroatoms. The molecule has 0 atom stereocenters. The monoisotopic (exact) mass is 265 g/mol. The van der Waals surface area contributed by atoms with Gasteiger partial charge in [0.25, 0.3) is 0 Å². The Morgan fingerprint density at radius 2 is 2.22 bits per heavy atom. The van der Waals surface area contributed by atoms with Crippen molar-refractivity contribution in [1.82, 2.24) is 10.1 Å². The van der Waals surface area contributed by atoms with Crippen LogP contribution >= 0.6 is 11.8 Å². The molecule has 1 aliphatic rings. The number of aromatic nitrogens is 2. The first-order valence-electron chi connectivity index (χ1n) is 5.72. The molecule has 0 amide bonds. The number of rotatable bonds is 4. The van der Waals surface area contributed by atoms with Crippen molar-refractivity contribution in [3.8, 4) is 0 Å². The van der Waals surface area contributed by atoms with Crippen molar-refractivity contribution >= 4 is 17.4 Å². The van der Waals surface area contributed by atoms with Crippen LogP contribution in [0, 0.1) is 5.82 Å². The smallest absolute Gasteiger partial charge is 0.229 e. The Hall–Kier alpha value is -1.56. The predicted molar refractivity (Wildman–Crippen MR) is 66.6 cm³/mol. The van der Waals surface area contributed by atoms with Crippen LogP contribution in [-0.2, 0) is 5.75 Å². The van der Waals surface area contributed by atoms with Gasteiger partial charge in [0.05, 0.1) is 5.75 Å². The SMILES string of the molecule is Nc1cc(F)cc(SCc2noc(C3CC3)n2)c1. The number of benzene rings is 1. The summed E-state index contributed by atoms with van der Waals surface area (Å²) in [6.45, 7) is 0. The second-order valence-electron chi connectivity index (χ2n) is 4.33. The van der Waals surface area contributed by atoms with Gasteiger partial charge in [-0.25, -0.2) is 4.39 Å². The van der Waals surface area contributed by atoms with E-state index < -0.39 is 0 Å². The van der Waals surface area contributed by atoms with Crippen LogP contribution in [0.3, 0.4) is 0 Å². The van der Waals surface area contributed by atoms with E-state index in [0.29, 0.717) is 23.2 Å². The molecular formula is C12H12FN3OS. The molecule has 1 aliphatic carbocycles. The molecule has 0 unspecified atom stereocenters. The zero-order valence-corrected chi connectivity index (χ0v) is 10.4. The molecular weight excluding hydrogens is 253 g/mol. The average molecular weight is 265 g/mol.